The lowest BCUT2D eigenvalue weighted by atomic mass is 10.1. The molecule has 0 aliphatic carbocycles. The maximum Gasteiger partial charge on any atom is 0.258 e. The molecule has 0 saturated heterocycles. The second kappa shape index (κ2) is 5.78. The number of anilines is 1. The highest BCUT2D eigenvalue weighted by molar-refractivity contribution is 6.05. The van der Waals surface area contributed by atoms with Gasteiger partial charge in [0.25, 0.3) is 5.91 Å². The molecule has 0 aromatic heterocycles. The van der Waals surface area contributed by atoms with Crippen LogP contribution in [-0.4, -0.2) is 18.1 Å². The lowest BCUT2D eigenvalue weighted by molar-refractivity contribution is 0.0993. The molecule has 0 bridgehead atoms. The predicted molar refractivity (Wildman–Crippen MR) is 81.4 cm³/mol. The molecule has 2 aromatic carbocycles. The average Bonchev–Trinajstić information content (AvgIpc) is 2.48. The summed E-state index contributed by atoms with van der Waals surface area (Å²) in [7, 11) is 1.76. The minimum absolute atomic E-state index is 0.0858. The van der Waals surface area contributed by atoms with Crippen molar-refractivity contribution in [3.63, 3.8) is 0 Å². The summed E-state index contributed by atoms with van der Waals surface area (Å²) in [4.78, 5) is 14.0. The first-order valence-corrected chi connectivity index (χ1v) is 6.69. The van der Waals surface area contributed by atoms with Crippen molar-refractivity contribution in [1.82, 2.24) is 0 Å². The van der Waals surface area contributed by atoms with Crippen molar-refractivity contribution in [3.05, 3.63) is 59.2 Å². The average molecular weight is 269 g/mol. The quantitative estimate of drug-likeness (QED) is 0.925. The van der Waals surface area contributed by atoms with Crippen molar-refractivity contribution in [2.24, 2.45) is 0 Å². The van der Waals surface area contributed by atoms with Crippen LogP contribution >= 0.6 is 0 Å². The van der Waals surface area contributed by atoms with Gasteiger partial charge >= 0.3 is 0 Å². The molecule has 0 aliphatic heterocycles. The van der Waals surface area contributed by atoms with E-state index in [1.807, 2.05) is 24.3 Å². The summed E-state index contributed by atoms with van der Waals surface area (Å²) in [6, 6.07) is 12.9. The molecule has 0 saturated carbocycles. The van der Waals surface area contributed by atoms with Gasteiger partial charge in [-0.15, -0.1) is 0 Å². The molecule has 2 rings (SSSR count). The molecule has 104 valence electrons. The Morgan fingerprint density at radius 1 is 1.15 bits per heavy atom. The zero-order chi connectivity index (χ0) is 14.7. The lowest BCUT2D eigenvalue weighted by Gasteiger charge is -2.18. The molecular weight excluding hydrogens is 250 g/mol. The zero-order valence-electron chi connectivity index (χ0n) is 12.1. The number of carbonyl (C=O) groups is 1. The third-order valence-corrected chi connectivity index (χ3v) is 3.48. The van der Waals surface area contributed by atoms with Gasteiger partial charge in [0, 0.05) is 18.3 Å². The molecule has 1 N–H and O–H groups in total. The molecule has 0 heterocycles. The number of benzene rings is 2. The van der Waals surface area contributed by atoms with Gasteiger partial charge in [0.15, 0.2) is 0 Å². The Hall–Kier alpha value is -2.29. The molecule has 3 nitrogen and oxygen atoms in total. The zero-order valence-corrected chi connectivity index (χ0v) is 12.1. The smallest absolute Gasteiger partial charge is 0.258 e. The number of carbonyl (C=O) groups excluding carboxylic acids is 1. The number of phenols is 1. The molecule has 3 heteroatoms. The molecule has 0 spiro atoms. The number of aromatic hydroxyl groups is 1. The maximum atomic E-state index is 12.4. The highest BCUT2D eigenvalue weighted by Crippen LogP contribution is 2.21. The molecule has 0 unspecified atom stereocenters. The van der Waals surface area contributed by atoms with E-state index in [-0.39, 0.29) is 11.7 Å². The van der Waals surface area contributed by atoms with Crippen molar-refractivity contribution in [1.29, 1.82) is 0 Å². The van der Waals surface area contributed by atoms with E-state index in [0.29, 0.717) is 11.1 Å². The number of rotatable bonds is 3. The van der Waals surface area contributed by atoms with Crippen molar-refractivity contribution in [2.75, 3.05) is 11.9 Å². The third-order valence-electron chi connectivity index (χ3n) is 3.48. The van der Waals surface area contributed by atoms with E-state index in [9.17, 15) is 9.90 Å². The van der Waals surface area contributed by atoms with Crippen molar-refractivity contribution in [3.8, 4) is 5.75 Å². The summed E-state index contributed by atoms with van der Waals surface area (Å²) in [6.45, 7) is 3.88. The Bertz CT molecular complexity index is 617. The van der Waals surface area contributed by atoms with Crippen LogP contribution in [0.15, 0.2) is 42.5 Å². The van der Waals surface area contributed by atoms with Crippen LogP contribution in [0.5, 0.6) is 5.75 Å². The van der Waals surface area contributed by atoms with E-state index in [2.05, 4.69) is 6.92 Å². The lowest BCUT2D eigenvalue weighted by Crippen LogP contribution is -2.26. The number of phenolic OH excluding ortho intramolecular Hbond substituents is 1. The number of amides is 1. The van der Waals surface area contributed by atoms with E-state index >= 15 is 0 Å². The van der Waals surface area contributed by atoms with Gasteiger partial charge in [-0.3, -0.25) is 4.79 Å². The van der Waals surface area contributed by atoms with Gasteiger partial charge in [-0.2, -0.15) is 0 Å². The Morgan fingerprint density at radius 3 is 2.35 bits per heavy atom. The largest absolute Gasteiger partial charge is 0.508 e. The first-order valence-electron chi connectivity index (χ1n) is 6.69. The fraction of sp³-hybridized carbons (Fsp3) is 0.235. The minimum atomic E-state index is -0.0858. The molecule has 0 fully saturated rings. The molecule has 1 amide bonds. The van der Waals surface area contributed by atoms with Gasteiger partial charge in [-0.1, -0.05) is 19.1 Å². The molecule has 0 radical (unpaired) electrons. The Labute approximate surface area is 119 Å². The highest BCUT2D eigenvalue weighted by Gasteiger charge is 2.14. The second-order valence-corrected chi connectivity index (χ2v) is 4.89. The Balaban J connectivity index is 2.24. The minimum Gasteiger partial charge on any atom is -0.508 e. The highest BCUT2D eigenvalue weighted by atomic mass is 16.3. The Kier molecular flexibility index (Phi) is 4.08. The van der Waals surface area contributed by atoms with Gasteiger partial charge in [0.05, 0.1) is 0 Å². The predicted octanol–water partition coefficient (Wildman–Crippen LogP) is 3.54. The molecule has 20 heavy (non-hydrogen) atoms. The standard InChI is InChI=1S/C17H19NO2/c1-4-13-5-8-15(9-6-13)18(3)17(20)14-7-10-16(19)12(2)11-14/h5-11,19H,4H2,1-3H3. The van der Waals surface area contributed by atoms with Crippen LogP contribution in [0.25, 0.3) is 0 Å². The first-order chi connectivity index (χ1) is 9.52. The van der Waals surface area contributed by atoms with Crippen LogP contribution in [-0.2, 0) is 6.42 Å². The van der Waals surface area contributed by atoms with Gasteiger partial charge in [0.1, 0.15) is 5.75 Å². The van der Waals surface area contributed by atoms with Crippen LogP contribution in [0.3, 0.4) is 0 Å². The summed E-state index contributed by atoms with van der Waals surface area (Å²) < 4.78 is 0. The summed E-state index contributed by atoms with van der Waals surface area (Å²) in [5.41, 5.74) is 3.38. The van der Waals surface area contributed by atoms with Crippen LogP contribution in [0.2, 0.25) is 0 Å². The molecule has 0 atom stereocenters. The topological polar surface area (TPSA) is 40.5 Å². The van der Waals surface area contributed by atoms with Crippen molar-refractivity contribution >= 4 is 11.6 Å². The molecular formula is C17H19NO2. The first kappa shape index (κ1) is 14.1. The fourth-order valence-corrected chi connectivity index (χ4v) is 2.05. The second-order valence-electron chi connectivity index (χ2n) is 4.89. The van der Waals surface area contributed by atoms with Gasteiger partial charge in [-0.05, 0) is 54.8 Å². The molecule has 0 aliphatic rings. The number of hydrogen-bond donors (Lipinski definition) is 1. The number of hydrogen-bond acceptors (Lipinski definition) is 2. The van der Waals surface area contributed by atoms with E-state index in [4.69, 9.17) is 0 Å². The van der Waals surface area contributed by atoms with Gasteiger partial charge in [-0.25, -0.2) is 0 Å². The van der Waals surface area contributed by atoms with Crippen molar-refractivity contribution < 1.29 is 9.90 Å². The number of aryl methyl sites for hydroxylation is 2. The molecule has 2 aromatic rings. The summed E-state index contributed by atoms with van der Waals surface area (Å²) in [5.74, 6) is 0.119. The summed E-state index contributed by atoms with van der Waals surface area (Å²) >= 11 is 0. The van der Waals surface area contributed by atoms with Gasteiger partial charge < -0.3 is 10.0 Å². The van der Waals surface area contributed by atoms with Gasteiger partial charge in [0.2, 0.25) is 0 Å². The number of nitrogens with zero attached hydrogens (tertiary/aromatic N) is 1. The van der Waals surface area contributed by atoms with Crippen molar-refractivity contribution in [2.45, 2.75) is 20.3 Å². The van der Waals surface area contributed by atoms with Crippen LogP contribution in [0.1, 0.15) is 28.4 Å². The maximum absolute atomic E-state index is 12.4. The van der Waals surface area contributed by atoms with Crippen LogP contribution in [0.4, 0.5) is 5.69 Å². The van der Waals surface area contributed by atoms with E-state index in [0.717, 1.165) is 12.1 Å². The normalized spacial score (nSPS) is 10.3. The Morgan fingerprint density at radius 2 is 1.80 bits per heavy atom. The fourth-order valence-electron chi connectivity index (χ4n) is 2.05. The van der Waals surface area contributed by atoms with E-state index in [1.165, 1.54) is 5.56 Å². The third kappa shape index (κ3) is 2.82. The summed E-state index contributed by atoms with van der Waals surface area (Å²) in [5, 5.41) is 9.51. The van der Waals surface area contributed by atoms with E-state index < -0.39 is 0 Å². The summed E-state index contributed by atoms with van der Waals surface area (Å²) in [6.07, 6.45) is 0.981. The van der Waals surface area contributed by atoms with Crippen LogP contribution < -0.4 is 4.90 Å². The SMILES string of the molecule is CCc1ccc(N(C)C(=O)c2ccc(O)c(C)c2)cc1. The van der Waals surface area contributed by atoms with E-state index in [1.54, 1.807) is 37.1 Å². The van der Waals surface area contributed by atoms with Crippen LogP contribution in [0, 0.1) is 6.92 Å². The monoisotopic (exact) mass is 269 g/mol.